The van der Waals surface area contributed by atoms with Gasteiger partial charge in [0.25, 0.3) is 0 Å². The molecule has 1 aromatic rings. The molecule has 0 unspecified atom stereocenters. The number of hydrogen-bond donors (Lipinski definition) is 2. The average molecular weight is 434 g/mol. The van der Waals surface area contributed by atoms with E-state index in [4.69, 9.17) is 9.47 Å². The van der Waals surface area contributed by atoms with Crippen molar-refractivity contribution < 1.29 is 23.9 Å². The van der Waals surface area contributed by atoms with Crippen LogP contribution in [0.15, 0.2) is 30.3 Å². The van der Waals surface area contributed by atoms with Crippen molar-refractivity contribution in [3.05, 3.63) is 35.9 Å². The SMILES string of the molecule is C[C@H](NC(=O)OC(C)(C)C)C(=O)N1CCC([C@H](C)NC(=O)OCc2ccccc2)CC1. The molecule has 1 fully saturated rings. The number of amides is 3. The number of carbonyl (C=O) groups excluding carboxylic acids is 3. The highest BCUT2D eigenvalue weighted by Crippen LogP contribution is 2.21. The van der Waals surface area contributed by atoms with Gasteiger partial charge in [0.15, 0.2) is 0 Å². The Morgan fingerprint density at radius 3 is 2.23 bits per heavy atom. The van der Waals surface area contributed by atoms with E-state index in [9.17, 15) is 14.4 Å². The van der Waals surface area contributed by atoms with Gasteiger partial charge in [0, 0.05) is 19.1 Å². The quantitative estimate of drug-likeness (QED) is 0.716. The summed E-state index contributed by atoms with van der Waals surface area (Å²) in [4.78, 5) is 38.4. The minimum Gasteiger partial charge on any atom is -0.445 e. The molecule has 0 bridgehead atoms. The molecule has 8 nitrogen and oxygen atoms in total. The van der Waals surface area contributed by atoms with Gasteiger partial charge in [-0.05, 0) is 58.9 Å². The summed E-state index contributed by atoms with van der Waals surface area (Å²) < 4.78 is 10.5. The fourth-order valence-corrected chi connectivity index (χ4v) is 3.51. The molecule has 2 atom stereocenters. The van der Waals surface area contributed by atoms with Crippen LogP contribution in [0.4, 0.5) is 9.59 Å². The van der Waals surface area contributed by atoms with E-state index in [0.29, 0.717) is 13.1 Å². The lowest BCUT2D eigenvalue weighted by atomic mass is 9.90. The first-order valence-corrected chi connectivity index (χ1v) is 10.8. The van der Waals surface area contributed by atoms with Crippen LogP contribution < -0.4 is 10.6 Å². The van der Waals surface area contributed by atoms with Crippen LogP contribution in [-0.4, -0.2) is 53.8 Å². The van der Waals surface area contributed by atoms with Gasteiger partial charge in [0.2, 0.25) is 5.91 Å². The summed E-state index contributed by atoms with van der Waals surface area (Å²) in [6, 6.07) is 8.81. The van der Waals surface area contributed by atoms with Crippen molar-refractivity contribution in [3.63, 3.8) is 0 Å². The zero-order chi connectivity index (χ0) is 23.0. The van der Waals surface area contributed by atoms with Gasteiger partial charge >= 0.3 is 12.2 Å². The molecule has 0 radical (unpaired) electrons. The lowest BCUT2D eigenvalue weighted by Crippen LogP contribution is -2.51. The Kier molecular flexibility index (Phi) is 8.71. The fourth-order valence-electron chi connectivity index (χ4n) is 3.51. The van der Waals surface area contributed by atoms with E-state index in [0.717, 1.165) is 18.4 Å². The summed E-state index contributed by atoms with van der Waals surface area (Å²) in [6.07, 6.45) is 0.496. The maximum atomic E-state index is 12.6. The molecule has 31 heavy (non-hydrogen) atoms. The average Bonchev–Trinajstić information content (AvgIpc) is 2.71. The number of nitrogens with zero attached hydrogens (tertiary/aromatic N) is 1. The number of rotatable bonds is 6. The molecular formula is C23H35N3O5. The van der Waals surface area contributed by atoms with Gasteiger partial charge in [-0.3, -0.25) is 4.79 Å². The van der Waals surface area contributed by atoms with Crippen LogP contribution in [0.5, 0.6) is 0 Å². The highest BCUT2D eigenvalue weighted by molar-refractivity contribution is 5.85. The Bertz CT molecular complexity index is 739. The molecule has 2 rings (SSSR count). The van der Waals surface area contributed by atoms with Crippen molar-refractivity contribution in [2.24, 2.45) is 5.92 Å². The molecule has 1 aliphatic rings. The van der Waals surface area contributed by atoms with E-state index in [1.54, 1.807) is 32.6 Å². The van der Waals surface area contributed by atoms with Crippen LogP contribution in [0.2, 0.25) is 0 Å². The first kappa shape index (κ1) is 24.5. The minimum atomic E-state index is -0.657. The molecule has 1 aromatic carbocycles. The molecule has 1 aliphatic heterocycles. The van der Waals surface area contributed by atoms with E-state index in [1.165, 1.54) is 0 Å². The molecule has 0 spiro atoms. The van der Waals surface area contributed by atoms with E-state index in [1.807, 2.05) is 37.3 Å². The number of benzene rings is 1. The van der Waals surface area contributed by atoms with Crippen LogP contribution in [0.25, 0.3) is 0 Å². The van der Waals surface area contributed by atoms with Crippen LogP contribution in [-0.2, 0) is 20.9 Å². The van der Waals surface area contributed by atoms with Crippen molar-refractivity contribution in [2.75, 3.05) is 13.1 Å². The lowest BCUT2D eigenvalue weighted by Gasteiger charge is -2.36. The summed E-state index contributed by atoms with van der Waals surface area (Å²) >= 11 is 0. The van der Waals surface area contributed by atoms with E-state index in [2.05, 4.69) is 10.6 Å². The topological polar surface area (TPSA) is 97.0 Å². The van der Waals surface area contributed by atoms with Gasteiger partial charge in [0.05, 0.1) is 0 Å². The van der Waals surface area contributed by atoms with Crippen molar-refractivity contribution in [2.45, 2.75) is 71.8 Å². The summed E-state index contributed by atoms with van der Waals surface area (Å²) in [7, 11) is 0. The predicted molar refractivity (Wildman–Crippen MR) is 117 cm³/mol. The normalized spacial score (nSPS) is 16.7. The van der Waals surface area contributed by atoms with Gasteiger partial charge in [-0.15, -0.1) is 0 Å². The first-order valence-electron chi connectivity index (χ1n) is 10.8. The molecule has 0 aromatic heterocycles. The third-order valence-corrected chi connectivity index (χ3v) is 5.22. The van der Waals surface area contributed by atoms with Crippen molar-refractivity contribution in [3.8, 4) is 0 Å². The standard InChI is InChI=1S/C23H35N3O5/c1-16(24-21(28)30-15-18-9-7-6-8-10-18)19-11-13-26(14-12-19)20(27)17(2)25-22(29)31-23(3,4)5/h6-10,16-17,19H,11-15H2,1-5H3,(H,24,28)(H,25,29)/t16-,17-/m0/s1. The van der Waals surface area contributed by atoms with Gasteiger partial charge < -0.3 is 25.0 Å². The number of likely N-dealkylation sites (tertiary alicyclic amines) is 1. The molecule has 8 heteroatoms. The molecular weight excluding hydrogens is 398 g/mol. The van der Waals surface area contributed by atoms with Crippen molar-refractivity contribution in [1.29, 1.82) is 0 Å². The number of hydrogen-bond acceptors (Lipinski definition) is 5. The summed E-state index contributed by atoms with van der Waals surface area (Å²) in [5.41, 5.74) is 0.322. The van der Waals surface area contributed by atoms with E-state index >= 15 is 0 Å². The summed E-state index contributed by atoms with van der Waals surface area (Å²) in [5.74, 6) is 0.120. The molecule has 2 N–H and O–H groups in total. The zero-order valence-electron chi connectivity index (χ0n) is 19.1. The Hall–Kier alpha value is -2.77. The highest BCUT2D eigenvalue weighted by atomic mass is 16.6. The molecule has 1 saturated heterocycles. The third kappa shape index (κ3) is 8.47. The molecule has 0 aliphatic carbocycles. The zero-order valence-corrected chi connectivity index (χ0v) is 19.1. The lowest BCUT2D eigenvalue weighted by molar-refractivity contribution is -0.134. The van der Waals surface area contributed by atoms with Crippen molar-refractivity contribution in [1.82, 2.24) is 15.5 Å². The van der Waals surface area contributed by atoms with Gasteiger partial charge in [-0.1, -0.05) is 30.3 Å². The van der Waals surface area contributed by atoms with Crippen LogP contribution in [0.3, 0.4) is 0 Å². The smallest absolute Gasteiger partial charge is 0.408 e. The monoisotopic (exact) mass is 433 g/mol. The van der Waals surface area contributed by atoms with Crippen molar-refractivity contribution >= 4 is 18.1 Å². The minimum absolute atomic E-state index is 0.0576. The Morgan fingerprint density at radius 2 is 1.65 bits per heavy atom. The maximum absolute atomic E-state index is 12.6. The largest absolute Gasteiger partial charge is 0.445 e. The number of nitrogens with one attached hydrogen (secondary N) is 2. The van der Waals surface area contributed by atoms with E-state index < -0.39 is 23.8 Å². The maximum Gasteiger partial charge on any atom is 0.408 e. The predicted octanol–water partition coefficient (Wildman–Crippen LogP) is 3.45. The van der Waals surface area contributed by atoms with Crippen LogP contribution in [0, 0.1) is 5.92 Å². The second-order valence-electron chi connectivity index (χ2n) is 9.03. The molecule has 3 amide bonds. The second-order valence-corrected chi connectivity index (χ2v) is 9.03. The Balaban J connectivity index is 1.72. The van der Waals surface area contributed by atoms with Gasteiger partial charge in [-0.25, -0.2) is 9.59 Å². The summed E-state index contributed by atoms with van der Waals surface area (Å²) in [6.45, 7) is 10.3. The molecule has 172 valence electrons. The number of piperidine rings is 1. The van der Waals surface area contributed by atoms with Gasteiger partial charge in [0.1, 0.15) is 18.2 Å². The van der Waals surface area contributed by atoms with Crippen LogP contribution in [0.1, 0.15) is 53.0 Å². The molecule has 1 heterocycles. The third-order valence-electron chi connectivity index (χ3n) is 5.22. The Morgan fingerprint density at radius 1 is 1.03 bits per heavy atom. The van der Waals surface area contributed by atoms with Gasteiger partial charge in [-0.2, -0.15) is 0 Å². The molecule has 0 saturated carbocycles. The number of carbonyl (C=O) groups is 3. The fraction of sp³-hybridized carbons (Fsp3) is 0.609. The van der Waals surface area contributed by atoms with E-state index in [-0.39, 0.29) is 24.5 Å². The first-order chi connectivity index (χ1) is 14.5. The number of ether oxygens (including phenoxy) is 2. The van der Waals surface area contributed by atoms with Crippen LogP contribution >= 0.6 is 0 Å². The Labute approximate surface area is 184 Å². The summed E-state index contributed by atoms with van der Waals surface area (Å²) in [5, 5.41) is 5.49. The second kappa shape index (κ2) is 11.0. The highest BCUT2D eigenvalue weighted by Gasteiger charge is 2.30. The number of alkyl carbamates (subject to hydrolysis) is 2.